The van der Waals surface area contributed by atoms with Crippen molar-refractivity contribution in [2.24, 2.45) is 5.14 Å². The summed E-state index contributed by atoms with van der Waals surface area (Å²) in [5, 5.41) is 4.33. The maximum Gasteiger partial charge on any atom is 0.216 e. The molecule has 0 fully saturated rings. The van der Waals surface area contributed by atoms with Crippen molar-refractivity contribution < 1.29 is 13.2 Å². The predicted octanol–water partition coefficient (Wildman–Crippen LogP) is 1.35. The molecular weight excluding hydrogens is 214 g/mol. The number of rotatable bonds is 3. The minimum atomic E-state index is -3.58. The molecule has 0 radical (unpaired) electrons. The van der Waals surface area contributed by atoms with Gasteiger partial charge in [-0.3, -0.25) is 0 Å². The second-order valence-electron chi connectivity index (χ2n) is 3.48. The first kappa shape index (κ1) is 12.0. The van der Waals surface area contributed by atoms with Gasteiger partial charge in [0, 0.05) is 5.56 Å². The molecule has 1 rings (SSSR count). The van der Waals surface area contributed by atoms with Crippen LogP contribution in [-0.4, -0.2) is 15.5 Å². The van der Waals surface area contributed by atoms with Crippen LogP contribution in [0.1, 0.15) is 23.3 Å². The monoisotopic (exact) mass is 229 g/mol. The van der Waals surface area contributed by atoms with E-state index in [1.165, 1.54) is 7.11 Å². The smallest absolute Gasteiger partial charge is 0.216 e. The standard InChI is InChI=1S/C10H15NO3S/c1-7-4-5-9(10(6-7)14-3)8(2)15(11,12)13/h4-6,8H,1-3H3,(H2,11,12,13). The molecule has 0 aliphatic carbocycles. The van der Waals surface area contributed by atoms with Gasteiger partial charge in [-0.1, -0.05) is 12.1 Å². The van der Waals surface area contributed by atoms with E-state index < -0.39 is 15.3 Å². The first-order valence-corrected chi connectivity index (χ1v) is 6.13. The van der Waals surface area contributed by atoms with Gasteiger partial charge in [-0.05, 0) is 25.5 Å². The van der Waals surface area contributed by atoms with Crippen LogP contribution in [0.5, 0.6) is 5.75 Å². The molecule has 0 saturated carbocycles. The van der Waals surface area contributed by atoms with Crippen molar-refractivity contribution in [1.29, 1.82) is 0 Å². The lowest BCUT2D eigenvalue weighted by atomic mass is 10.1. The van der Waals surface area contributed by atoms with E-state index in [4.69, 9.17) is 9.88 Å². The molecule has 2 N–H and O–H groups in total. The molecule has 0 saturated heterocycles. The third-order valence-electron chi connectivity index (χ3n) is 2.32. The third kappa shape index (κ3) is 2.70. The van der Waals surface area contributed by atoms with E-state index in [0.717, 1.165) is 5.56 Å². The molecule has 0 aliphatic rings. The average molecular weight is 229 g/mol. The lowest BCUT2D eigenvalue weighted by molar-refractivity contribution is 0.409. The van der Waals surface area contributed by atoms with Crippen LogP contribution in [0.3, 0.4) is 0 Å². The average Bonchev–Trinajstić information content (AvgIpc) is 2.15. The highest BCUT2D eigenvalue weighted by molar-refractivity contribution is 7.89. The summed E-state index contributed by atoms with van der Waals surface area (Å²) < 4.78 is 27.5. The van der Waals surface area contributed by atoms with Crippen LogP contribution >= 0.6 is 0 Å². The number of ether oxygens (including phenoxy) is 1. The van der Waals surface area contributed by atoms with Gasteiger partial charge in [-0.25, -0.2) is 13.6 Å². The molecule has 1 unspecified atom stereocenters. The quantitative estimate of drug-likeness (QED) is 0.850. The number of hydrogen-bond acceptors (Lipinski definition) is 3. The maximum atomic E-state index is 11.2. The predicted molar refractivity (Wildman–Crippen MR) is 59.3 cm³/mol. The Kier molecular flexibility index (Phi) is 3.36. The molecule has 0 aromatic heterocycles. The van der Waals surface area contributed by atoms with E-state index in [9.17, 15) is 8.42 Å². The molecule has 0 amide bonds. The van der Waals surface area contributed by atoms with Crippen LogP contribution in [0, 0.1) is 6.92 Å². The van der Waals surface area contributed by atoms with Gasteiger partial charge in [0.2, 0.25) is 10.0 Å². The summed E-state index contributed by atoms with van der Waals surface area (Å²) in [6, 6.07) is 5.35. The Hall–Kier alpha value is -1.07. The van der Waals surface area contributed by atoms with E-state index in [2.05, 4.69) is 0 Å². The zero-order chi connectivity index (χ0) is 11.6. The van der Waals surface area contributed by atoms with Crippen molar-refractivity contribution in [3.8, 4) is 5.75 Å². The van der Waals surface area contributed by atoms with Crippen molar-refractivity contribution in [1.82, 2.24) is 0 Å². The number of methoxy groups -OCH3 is 1. The first-order valence-electron chi connectivity index (χ1n) is 4.52. The molecule has 1 aromatic carbocycles. The minimum Gasteiger partial charge on any atom is -0.496 e. The Morgan fingerprint density at radius 1 is 1.40 bits per heavy atom. The fraction of sp³-hybridized carbons (Fsp3) is 0.400. The van der Waals surface area contributed by atoms with Crippen molar-refractivity contribution >= 4 is 10.0 Å². The Balaban J connectivity index is 3.26. The number of aryl methyl sites for hydroxylation is 1. The lowest BCUT2D eigenvalue weighted by Gasteiger charge is -2.14. The number of nitrogens with two attached hydrogens (primary N) is 1. The number of hydrogen-bond donors (Lipinski definition) is 1. The highest BCUT2D eigenvalue weighted by Crippen LogP contribution is 2.29. The van der Waals surface area contributed by atoms with Gasteiger partial charge in [-0.2, -0.15) is 0 Å². The van der Waals surface area contributed by atoms with E-state index in [-0.39, 0.29) is 0 Å². The van der Waals surface area contributed by atoms with E-state index >= 15 is 0 Å². The van der Waals surface area contributed by atoms with Gasteiger partial charge in [-0.15, -0.1) is 0 Å². The topological polar surface area (TPSA) is 69.4 Å². The van der Waals surface area contributed by atoms with Crippen LogP contribution in [0.25, 0.3) is 0 Å². The second kappa shape index (κ2) is 4.20. The molecule has 84 valence electrons. The normalized spacial score (nSPS) is 13.6. The van der Waals surface area contributed by atoms with Gasteiger partial charge < -0.3 is 4.74 Å². The summed E-state index contributed by atoms with van der Waals surface area (Å²) >= 11 is 0. The Labute approximate surface area is 90.1 Å². The van der Waals surface area contributed by atoms with Crippen LogP contribution < -0.4 is 9.88 Å². The van der Waals surface area contributed by atoms with Crippen molar-refractivity contribution in [3.63, 3.8) is 0 Å². The fourth-order valence-electron chi connectivity index (χ4n) is 1.33. The minimum absolute atomic E-state index is 0.552. The molecule has 4 nitrogen and oxygen atoms in total. The molecule has 1 aromatic rings. The van der Waals surface area contributed by atoms with Gasteiger partial charge >= 0.3 is 0 Å². The van der Waals surface area contributed by atoms with Crippen LogP contribution in [-0.2, 0) is 10.0 Å². The molecule has 0 spiro atoms. The lowest BCUT2D eigenvalue weighted by Crippen LogP contribution is -2.19. The van der Waals surface area contributed by atoms with Crippen LogP contribution in [0.15, 0.2) is 18.2 Å². The van der Waals surface area contributed by atoms with Gasteiger partial charge in [0.25, 0.3) is 0 Å². The van der Waals surface area contributed by atoms with Gasteiger partial charge in [0.1, 0.15) is 11.0 Å². The summed E-state index contributed by atoms with van der Waals surface area (Å²) in [5.41, 5.74) is 1.60. The Morgan fingerprint density at radius 2 is 2.00 bits per heavy atom. The molecule has 0 bridgehead atoms. The van der Waals surface area contributed by atoms with E-state index in [1.807, 2.05) is 13.0 Å². The van der Waals surface area contributed by atoms with Gasteiger partial charge in [0.15, 0.2) is 0 Å². The second-order valence-corrected chi connectivity index (χ2v) is 5.36. The highest BCUT2D eigenvalue weighted by Gasteiger charge is 2.21. The summed E-state index contributed by atoms with van der Waals surface area (Å²) in [5.74, 6) is 0.552. The van der Waals surface area contributed by atoms with Crippen LogP contribution in [0.4, 0.5) is 0 Å². The highest BCUT2D eigenvalue weighted by atomic mass is 32.2. The zero-order valence-corrected chi connectivity index (χ0v) is 9.84. The zero-order valence-electron chi connectivity index (χ0n) is 9.02. The van der Waals surface area contributed by atoms with Crippen molar-refractivity contribution in [2.75, 3.05) is 7.11 Å². The Bertz CT molecular complexity index is 454. The summed E-state index contributed by atoms with van der Waals surface area (Å²) in [4.78, 5) is 0. The molecule has 15 heavy (non-hydrogen) atoms. The molecule has 1 atom stereocenters. The SMILES string of the molecule is COc1cc(C)ccc1C(C)S(N)(=O)=O. The van der Waals surface area contributed by atoms with Gasteiger partial charge in [0.05, 0.1) is 7.11 Å². The summed E-state index contributed by atoms with van der Waals surface area (Å²) in [6.45, 7) is 3.45. The number of benzene rings is 1. The molecular formula is C10H15NO3S. The Morgan fingerprint density at radius 3 is 2.47 bits per heavy atom. The van der Waals surface area contributed by atoms with Crippen LogP contribution in [0.2, 0.25) is 0 Å². The maximum absolute atomic E-state index is 11.2. The number of sulfonamides is 1. The largest absolute Gasteiger partial charge is 0.496 e. The molecule has 5 heteroatoms. The van der Waals surface area contributed by atoms with Crippen molar-refractivity contribution in [3.05, 3.63) is 29.3 Å². The third-order valence-corrected chi connectivity index (χ3v) is 3.56. The summed E-state index contributed by atoms with van der Waals surface area (Å²) in [7, 11) is -2.07. The van der Waals surface area contributed by atoms with E-state index in [1.54, 1.807) is 19.1 Å². The molecule has 0 aliphatic heterocycles. The van der Waals surface area contributed by atoms with Crippen molar-refractivity contribution in [2.45, 2.75) is 19.1 Å². The fourth-order valence-corrected chi connectivity index (χ4v) is 1.88. The van der Waals surface area contributed by atoms with E-state index in [0.29, 0.717) is 11.3 Å². The number of primary sulfonamides is 1. The summed E-state index contributed by atoms with van der Waals surface area (Å²) in [6.07, 6.45) is 0. The first-order chi connectivity index (χ1) is 6.86. The molecule has 0 heterocycles.